The zero-order valence-electron chi connectivity index (χ0n) is 76.3. The topological polar surface area (TPSA) is 1140 Å². The highest BCUT2D eigenvalue weighted by atomic mass is 31.2. The lowest BCUT2D eigenvalue weighted by Gasteiger charge is -2.52. The normalized spacial score (nSPS) is 47.9. The van der Waals surface area contributed by atoms with E-state index in [0.29, 0.717) is 0 Å². The van der Waals surface area contributed by atoms with Crippen LogP contribution in [0.4, 0.5) is 0 Å². The van der Waals surface area contributed by atoms with Crippen molar-refractivity contribution in [2.75, 3.05) is 72.7 Å². The van der Waals surface area contributed by atoms with Crippen LogP contribution in [0.5, 0.6) is 0 Å². The van der Waals surface area contributed by atoms with Gasteiger partial charge in [0, 0.05) is 19.8 Å². The molecule has 856 valence electrons. The molecule has 0 aromatic rings. The number of carboxylic acids is 2. The number of carbonyl (C=O) groups excluding carboxylic acids is 1. The number of carbonyl (C=O) groups is 3. The van der Waals surface area contributed by atoms with Crippen LogP contribution in [0, 0.1) is 0 Å². The summed E-state index contributed by atoms with van der Waals surface area (Å²) in [5.41, 5.74) is 5.95. The molecule has 0 aliphatic carbocycles. The van der Waals surface area contributed by atoms with E-state index in [2.05, 4.69) is 5.32 Å². The molecule has 0 aromatic carbocycles. The zero-order valence-corrected chi connectivity index (χ0v) is 78.1. The highest BCUT2D eigenvalue weighted by Crippen LogP contribution is 2.50. The summed E-state index contributed by atoms with van der Waals surface area (Å²) in [5.74, 6) is -13.4. The Morgan fingerprint density at radius 2 is 0.694 bits per heavy atom. The molecule has 70 nitrogen and oxygen atoms in total. The minimum Gasteiger partial charge on any atom is -0.477 e. The van der Waals surface area contributed by atoms with Gasteiger partial charge in [0.25, 0.3) is 11.6 Å². The highest BCUT2D eigenvalue weighted by molar-refractivity contribution is 7.46. The number of aliphatic hydroxyl groups is 34. The molecular weight excluding hydrogens is 2080 g/mol. The van der Waals surface area contributed by atoms with E-state index in [1.807, 2.05) is 0 Å². The summed E-state index contributed by atoms with van der Waals surface area (Å²) in [6.07, 6.45) is -142. The van der Waals surface area contributed by atoms with Gasteiger partial charge in [0.1, 0.15) is 269 Å². The van der Waals surface area contributed by atoms with Gasteiger partial charge < -0.3 is 314 Å². The molecule has 147 heavy (non-hydrogen) atoms. The Labute approximate surface area is 825 Å². The average molecular weight is 2210 g/mol. The quantitative estimate of drug-likeness (QED) is 0.0252. The Hall–Kier alpha value is -3.61. The molecule has 11 rings (SSSR count). The minimum atomic E-state index is -6.54. The van der Waals surface area contributed by atoms with Crippen LogP contribution in [0.15, 0.2) is 0 Å². The van der Waals surface area contributed by atoms with Gasteiger partial charge in [-0.15, -0.1) is 0 Å². The number of phosphoric acid groups is 2. The second-order valence-electron chi connectivity index (χ2n) is 36.2. The molecule has 0 unspecified atom stereocenters. The van der Waals surface area contributed by atoms with Gasteiger partial charge >= 0.3 is 27.6 Å². The molecule has 11 saturated heterocycles. The van der Waals surface area contributed by atoms with Crippen LogP contribution in [0.3, 0.4) is 0 Å². The van der Waals surface area contributed by atoms with Crippen molar-refractivity contribution in [3.8, 4) is 0 Å². The molecule has 0 radical (unpaired) electrons. The number of nitrogens with one attached hydrogen (secondary N) is 1. The van der Waals surface area contributed by atoms with Gasteiger partial charge in [-0.1, -0.05) is 0 Å². The van der Waals surface area contributed by atoms with Crippen LogP contribution in [-0.2, 0) is 132 Å². The number of amides is 1. The lowest BCUT2D eigenvalue weighted by atomic mass is 9.89. The second-order valence-corrected chi connectivity index (χ2v) is 38.6. The van der Waals surface area contributed by atoms with Crippen molar-refractivity contribution in [2.45, 2.75) is 375 Å². The van der Waals surface area contributed by atoms with Crippen molar-refractivity contribution >= 4 is 33.5 Å². The first-order valence-corrected chi connectivity index (χ1v) is 48.2. The van der Waals surface area contributed by atoms with Gasteiger partial charge in [-0.2, -0.15) is 0 Å². The molecule has 11 heterocycles. The number of nitrogens with two attached hydrogens (primary N) is 1. The Balaban J connectivity index is 1.02. The van der Waals surface area contributed by atoms with Gasteiger partial charge in [-0.3, -0.25) is 13.8 Å². The predicted octanol–water partition coefficient (Wildman–Crippen LogP) is -26.9. The van der Waals surface area contributed by atoms with Crippen molar-refractivity contribution in [3.63, 3.8) is 0 Å². The number of hydrogen-bond acceptors (Lipinski definition) is 63. The lowest BCUT2D eigenvalue weighted by molar-refractivity contribution is -0.417. The van der Waals surface area contributed by atoms with E-state index in [9.17, 15) is 227 Å². The van der Waals surface area contributed by atoms with Gasteiger partial charge in [0.2, 0.25) is 5.91 Å². The molecule has 43 N–H and O–H groups in total. The monoisotopic (exact) mass is 2210 g/mol. The smallest absolute Gasteiger partial charge is 0.470 e. The SMILES string of the molecule is CC(=O)N[C@H]1[C@@H](O[C@H]2[C@@H](O)[C@@H](CO)O[C@H](O[C@@H]3[C@@H](O)[C@@H](O[C@@H]4[C@H](O)[C@@H](O[C@@H]5[C@H](O)[C@@H](O[C@H]6[C@@H]([C@H](O)CO)O[C@@](O)(C(=O)O)C[C@H]6O[C@]6(C(=O)O)C[C@@H](O)[C@@H](O)[C@@H]([C@H](O)CO)O6)O[C@H]([C@@H](O)CO)[C@H]5OP(=O)(O)O)O[C@H]([C@@H](O)CO[C@H]5O[C@H]([C@@H](O)CO[C@H]6O[C@H](CO)[C@@H](O)[C@H](O)[C@H]6N)[C@@H](O)[C@H](O)[C@@H]5O)[C@H]4OP(=O)(O)O)O[C@H](CO)[C@H]3O)[C@@H]2O[C@H]2O[C@H](CO)[C@@H](O)[C@H](O)[C@H]2O[C@H]2O[C@H](CO)[C@@H](O)[C@H](O)[C@H]2O)O[C@H](CO)[C@@H](O)[C@@H]1O. The number of carboxylic acid groups (broad SMARTS) is 2. The third-order valence-electron chi connectivity index (χ3n) is 26.1. The van der Waals surface area contributed by atoms with E-state index in [1.165, 1.54) is 0 Å². The average Bonchev–Trinajstić information content (AvgIpc) is 0.759. The zero-order chi connectivity index (χ0) is 109. The first-order valence-electron chi connectivity index (χ1n) is 45.1. The summed E-state index contributed by atoms with van der Waals surface area (Å²) in [6.45, 7) is -14.5. The van der Waals surface area contributed by atoms with Crippen LogP contribution in [0.2, 0.25) is 0 Å². The fourth-order valence-corrected chi connectivity index (χ4v) is 19.4. The van der Waals surface area contributed by atoms with Crippen molar-refractivity contribution < 1.29 is 335 Å². The van der Waals surface area contributed by atoms with Crippen molar-refractivity contribution in [1.82, 2.24) is 5.32 Å². The number of ether oxygens (including phenoxy) is 21. The van der Waals surface area contributed by atoms with Crippen molar-refractivity contribution in [2.24, 2.45) is 5.73 Å². The molecule has 1 amide bonds. The molecule has 11 fully saturated rings. The molecule has 0 saturated carbocycles. The third-order valence-corrected chi connectivity index (χ3v) is 27.1. The van der Waals surface area contributed by atoms with E-state index < -0.39 is 474 Å². The van der Waals surface area contributed by atoms with Gasteiger partial charge in [0.05, 0.1) is 90.9 Å². The van der Waals surface area contributed by atoms with Crippen LogP contribution >= 0.6 is 15.6 Å². The van der Waals surface area contributed by atoms with E-state index in [1.54, 1.807) is 0 Å². The summed E-state index contributed by atoms with van der Waals surface area (Å²) >= 11 is 0. The Morgan fingerprint density at radius 1 is 0.340 bits per heavy atom. The van der Waals surface area contributed by atoms with E-state index >= 15 is 0 Å². The maximum absolute atomic E-state index is 13.7. The maximum atomic E-state index is 13.7. The first kappa shape index (κ1) is 124. The van der Waals surface area contributed by atoms with Gasteiger partial charge in [-0.05, 0) is 0 Å². The molecule has 0 aromatic heterocycles. The largest absolute Gasteiger partial charge is 0.477 e. The summed E-state index contributed by atoms with van der Waals surface area (Å²) in [6, 6.07) is -3.71. The molecule has 11 aliphatic rings. The lowest BCUT2D eigenvalue weighted by Crippen LogP contribution is -2.71. The minimum absolute atomic E-state index is 0.850. The Kier molecular flexibility index (Phi) is 43.6. The maximum Gasteiger partial charge on any atom is 0.470 e. The predicted molar refractivity (Wildman–Crippen MR) is 438 cm³/mol. The van der Waals surface area contributed by atoms with E-state index in [0.717, 1.165) is 6.92 Å². The summed E-state index contributed by atoms with van der Waals surface area (Å²) in [5, 5.41) is 406. The second kappa shape index (κ2) is 51.8. The summed E-state index contributed by atoms with van der Waals surface area (Å²) in [4.78, 5) is 82.5. The number of aliphatic carboxylic acids is 2. The summed E-state index contributed by atoms with van der Waals surface area (Å²) in [7, 11) is -13.0. The fourth-order valence-electron chi connectivity index (χ4n) is 18.2. The van der Waals surface area contributed by atoms with Crippen LogP contribution in [0.25, 0.3) is 0 Å². The molecular formula is C75H128N2O68P2. The van der Waals surface area contributed by atoms with Crippen LogP contribution in [0.1, 0.15) is 19.8 Å². The third kappa shape index (κ3) is 27.5. The van der Waals surface area contributed by atoms with Gasteiger partial charge in [-0.25, -0.2) is 18.7 Å². The van der Waals surface area contributed by atoms with Gasteiger partial charge in [0.15, 0.2) is 56.6 Å². The number of rotatable bonds is 43. The Morgan fingerprint density at radius 3 is 1.18 bits per heavy atom. The molecule has 11 aliphatic heterocycles. The summed E-state index contributed by atoms with van der Waals surface area (Å²) < 4.78 is 159. The number of hydrogen-bond donors (Lipinski definition) is 42. The fraction of sp³-hybridized carbons (Fsp3) is 0.960. The Bertz CT molecular complexity index is 4210. The highest BCUT2D eigenvalue weighted by Gasteiger charge is 2.67. The van der Waals surface area contributed by atoms with Crippen LogP contribution < -0.4 is 11.1 Å². The van der Waals surface area contributed by atoms with Crippen molar-refractivity contribution in [3.05, 3.63) is 0 Å². The molecule has 72 heteroatoms. The number of phosphoric ester groups is 2. The molecule has 0 spiro atoms. The first-order chi connectivity index (χ1) is 68.9. The standard InChI is InChI=1S/C75H128N2O68P2/c1-15(87)77-30-39(102)33(96)24(8-82)126-64(30)136-56-37(100)28(12-86)130-71(62(56)140-70-59(42(105)35(98)26(10-84)129-70)139-66-45(108)40(103)34(97)25(9-83)127-66)135-55-36(99)27(11-85)128-67(46(55)109)137-58-48(111)69(133-52(61(58)145-147(120,121)122)21(93)14-124-65-44(107)41(104)43(106)49(131-65)20(92)13-123-63-29(76)38(101)32(95)23(7-81)125-63)138-57-47(110)68(132-51(18(90)5-79)60(57)144-146(117,118)119)134-54-22(3-74(116,72(112)113)142-53(54)19(91)6-80)141-75(73(114)115)2-16(88)31(94)50(143-75)17(89)4-78/h16-71,78-86,88-111,116H,2-14,76H2,1H3,(H,77,87)(H,112,113)(H,114,115)(H2,117,118,119)(H2,120,121,122)/t16-,17-,18+,19-,20+,21+,22-,23-,24-,25-,26-,27-,28-,29-,30-,31-,32-,33-,34-,35-,36-,37+,38-,39-,40+,41+,42+,43+,44+,45-,46-,47+,48+,49-,50-,51-,52-,53-,54-,55+,56+,57-,58-,59-,60-,61-,62-,63+,64-,65+,66-,67-,68-,69-,70-,71-,74-,75-/m1/s1. The van der Waals surface area contributed by atoms with E-state index in [4.69, 9.17) is 114 Å². The van der Waals surface area contributed by atoms with E-state index in [-0.39, 0.29) is 0 Å². The molecule has 58 atom stereocenters. The van der Waals surface area contributed by atoms with Crippen molar-refractivity contribution in [1.29, 1.82) is 0 Å². The van der Waals surface area contributed by atoms with Crippen LogP contribution in [-0.4, -0.2) is 649 Å². The molecule has 0 bridgehead atoms. The number of aliphatic hydroxyl groups excluding tert-OH is 33.